The number of fused-ring (bicyclic) bond motifs is 1. The summed E-state index contributed by atoms with van der Waals surface area (Å²) in [5, 5.41) is 2.35. The number of amides is 3. The Bertz CT molecular complexity index is 1050. The van der Waals surface area contributed by atoms with Crippen LogP contribution in [0.5, 0.6) is 0 Å². The number of carbonyl (C=O) groups excluding carboxylic acids is 3. The van der Waals surface area contributed by atoms with Crippen LogP contribution in [0.15, 0.2) is 48.5 Å². The van der Waals surface area contributed by atoms with E-state index in [1.807, 2.05) is 18.2 Å². The van der Waals surface area contributed by atoms with Crippen molar-refractivity contribution in [1.29, 1.82) is 0 Å². The van der Waals surface area contributed by atoms with Gasteiger partial charge in [0.1, 0.15) is 6.04 Å². The van der Waals surface area contributed by atoms with Crippen LogP contribution in [0.4, 0.5) is 0 Å². The van der Waals surface area contributed by atoms with Crippen molar-refractivity contribution in [3.05, 3.63) is 70.8 Å². The topological polar surface area (TPSA) is 95.7 Å². The van der Waals surface area contributed by atoms with Crippen molar-refractivity contribution in [2.45, 2.75) is 37.9 Å². The van der Waals surface area contributed by atoms with Gasteiger partial charge in [0.15, 0.2) is 0 Å². The Morgan fingerprint density at radius 1 is 1.03 bits per heavy atom. The Kier molecular flexibility index (Phi) is 5.53. The molecule has 2 aromatic carbocycles. The molecule has 1 unspecified atom stereocenters. The number of nitrogens with two attached hydrogens (primary N) is 1. The molecule has 0 bridgehead atoms. The molecule has 3 heterocycles. The minimum absolute atomic E-state index is 0.130. The normalized spacial score (nSPS) is 25.8. The lowest BCUT2D eigenvalue weighted by atomic mass is 9.89. The third-order valence-corrected chi connectivity index (χ3v) is 7.04. The van der Waals surface area contributed by atoms with Gasteiger partial charge in [-0.3, -0.25) is 24.6 Å². The SMILES string of the molecule is NC[C@@H]1CN(Cc2ccc3c(c2)CN(C2CCC(=O)NC2=O)C3=O)C[C@H]1c1ccccc1. The average Bonchev–Trinajstić information content (AvgIpc) is 3.35. The predicted molar refractivity (Wildman–Crippen MR) is 119 cm³/mol. The number of nitrogens with zero attached hydrogens (tertiary/aromatic N) is 2. The number of imide groups is 1. The van der Waals surface area contributed by atoms with E-state index in [0.717, 1.165) is 30.8 Å². The van der Waals surface area contributed by atoms with E-state index in [2.05, 4.69) is 40.5 Å². The maximum Gasteiger partial charge on any atom is 0.255 e. The Labute approximate surface area is 187 Å². The lowest BCUT2D eigenvalue weighted by Crippen LogP contribution is -2.52. The quantitative estimate of drug-likeness (QED) is 0.700. The van der Waals surface area contributed by atoms with E-state index < -0.39 is 6.04 Å². The van der Waals surface area contributed by atoms with Crippen molar-refractivity contribution in [3.8, 4) is 0 Å². The smallest absolute Gasteiger partial charge is 0.255 e. The Morgan fingerprint density at radius 2 is 1.84 bits per heavy atom. The first-order chi connectivity index (χ1) is 15.5. The van der Waals surface area contributed by atoms with Crippen LogP contribution in [-0.4, -0.2) is 53.2 Å². The molecule has 166 valence electrons. The van der Waals surface area contributed by atoms with Gasteiger partial charge in [0.25, 0.3) is 5.91 Å². The Morgan fingerprint density at radius 3 is 2.59 bits per heavy atom. The summed E-state index contributed by atoms with van der Waals surface area (Å²) in [6.07, 6.45) is 0.647. The first-order valence-corrected chi connectivity index (χ1v) is 11.3. The van der Waals surface area contributed by atoms with Gasteiger partial charge in [-0.25, -0.2) is 0 Å². The van der Waals surface area contributed by atoms with Gasteiger partial charge in [-0.15, -0.1) is 0 Å². The van der Waals surface area contributed by atoms with E-state index in [4.69, 9.17) is 5.73 Å². The fourth-order valence-electron chi connectivity index (χ4n) is 5.39. The van der Waals surface area contributed by atoms with E-state index in [9.17, 15) is 14.4 Å². The second-order valence-electron chi connectivity index (χ2n) is 9.10. The second kappa shape index (κ2) is 8.48. The van der Waals surface area contributed by atoms with Gasteiger partial charge in [0, 0.05) is 44.1 Å². The molecule has 7 nitrogen and oxygen atoms in total. The zero-order chi connectivity index (χ0) is 22.2. The number of benzene rings is 2. The summed E-state index contributed by atoms with van der Waals surface area (Å²) in [4.78, 5) is 40.6. The molecule has 2 aromatic rings. The Balaban J connectivity index is 1.28. The van der Waals surface area contributed by atoms with Crippen molar-refractivity contribution >= 4 is 17.7 Å². The average molecular weight is 433 g/mol. The summed E-state index contributed by atoms with van der Waals surface area (Å²) >= 11 is 0. The summed E-state index contributed by atoms with van der Waals surface area (Å²) in [6.45, 7) is 3.79. The molecule has 3 amide bonds. The van der Waals surface area contributed by atoms with E-state index in [-0.39, 0.29) is 24.1 Å². The number of carbonyl (C=O) groups is 3. The van der Waals surface area contributed by atoms with Gasteiger partial charge >= 0.3 is 0 Å². The van der Waals surface area contributed by atoms with Crippen LogP contribution < -0.4 is 11.1 Å². The highest BCUT2D eigenvalue weighted by atomic mass is 16.2. The fraction of sp³-hybridized carbons (Fsp3) is 0.400. The first kappa shape index (κ1) is 20.8. The van der Waals surface area contributed by atoms with Gasteiger partial charge in [0.05, 0.1) is 0 Å². The molecule has 32 heavy (non-hydrogen) atoms. The number of piperidine rings is 1. The van der Waals surface area contributed by atoms with E-state index in [1.165, 1.54) is 5.56 Å². The van der Waals surface area contributed by atoms with Gasteiger partial charge in [-0.1, -0.05) is 42.5 Å². The first-order valence-electron chi connectivity index (χ1n) is 11.3. The van der Waals surface area contributed by atoms with E-state index in [1.54, 1.807) is 4.90 Å². The number of likely N-dealkylation sites (tertiary alicyclic amines) is 1. The van der Waals surface area contributed by atoms with Crippen LogP contribution in [0.25, 0.3) is 0 Å². The van der Waals surface area contributed by atoms with Crippen LogP contribution in [0, 0.1) is 5.92 Å². The van der Waals surface area contributed by atoms with Crippen molar-refractivity contribution in [2.24, 2.45) is 11.7 Å². The lowest BCUT2D eigenvalue weighted by molar-refractivity contribution is -0.136. The van der Waals surface area contributed by atoms with Crippen molar-refractivity contribution in [3.63, 3.8) is 0 Å². The highest BCUT2D eigenvalue weighted by Crippen LogP contribution is 2.34. The molecule has 7 heteroatoms. The molecular formula is C25H28N4O3. The minimum atomic E-state index is -0.577. The van der Waals surface area contributed by atoms with Gasteiger partial charge in [0.2, 0.25) is 11.8 Å². The van der Waals surface area contributed by atoms with E-state index in [0.29, 0.717) is 36.9 Å². The van der Waals surface area contributed by atoms with E-state index >= 15 is 0 Å². The molecule has 0 saturated carbocycles. The third-order valence-electron chi connectivity index (χ3n) is 7.04. The zero-order valence-electron chi connectivity index (χ0n) is 18.0. The molecule has 3 atom stereocenters. The van der Waals surface area contributed by atoms with Crippen LogP contribution in [-0.2, 0) is 22.7 Å². The molecular weight excluding hydrogens is 404 g/mol. The van der Waals surface area contributed by atoms with Crippen molar-refractivity contribution in [1.82, 2.24) is 15.1 Å². The molecule has 3 aliphatic heterocycles. The molecule has 0 aliphatic carbocycles. The molecule has 0 spiro atoms. The van der Waals surface area contributed by atoms with Crippen LogP contribution in [0.1, 0.15) is 45.8 Å². The molecule has 3 aliphatic rings. The zero-order valence-corrected chi connectivity index (χ0v) is 18.0. The van der Waals surface area contributed by atoms with Gasteiger partial charge < -0.3 is 10.6 Å². The number of rotatable bonds is 5. The van der Waals surface area contributed by atoms with Crippen LogP contribution in [0.2, 0.25) is 0 Å². The van der Waals surface area contributed by atoms with Gasteiger partial charge in [-0.2, -0.15) is 0 Å². The second-order valence-corrected chi connectivity index (χ2v) is 9.10. The summed E-state index contributed by atoms with van der Waals surface area (Å²) in [5.74, 6) is 0.0820. The predicted octanol–water partition coefficient (Wildman–Crippen LogP) is 1.62. The number of nitrogens with one attached hydrogen (secondary N) is 1. The van der Waals surface area contributed by atoms with Crippen LogP contribution in [0.3, 0.4) is 0 Å². The third kappa shape index (κ3) is 3.82. The van der Waals surface area contributed by atoms with Crippen LogP contribution >= 0.6 is 0 Å². The van der Waals surface area contributed by atoms with Crippen molar-refractivity contribution < 1.29 is 14.4 Å². The molecule has 2 saturated heterocycles. The van der Waals surface area contributed by atoms with Gasteiger partial charge in [-0.05, 0) is 41.6 Å². The lowest BCUT2D eigenvalue weighted by Gasteiger charge is -2.29. The summed E-state index contributed by atoms with van der Waals surface area (Å²) in [5.41, 5.74) is 10.2. The number of hydrogen-bond donors (Lipinski definition) is 2. The fourth-order valence-corrected chi connectivity index (χ4v) is 5.39. The minimum Gasteiger partial charge on any atom is -0.330 e. The monoisotopic (exact) mass is 432 g/mol. The highest BCUT2D eigenvalue weighted by Gasteiger charge is 2.39. The largest absolute Gasteiger partial charge is 0.330 e. The molecule has 5 rings (SSSR count). The van der Waals surface area contributed by atoms with Crippen molar-refractivity contribution in [2.75, 3.05) is 19.6 Å². The summed E-state index contributed by atoms with van der Waals surface area (Å²) < 4.78 is 0. The maximum absolute atomic E-state index is 12.9. The number of hydrogen-bond acceptors (Lipinski definition) is 5. The maximum atomic E-state index is 12.9. The molecule has 2 fully saturated rings. The highest BCUT2D eigenvalue weighted by molar-refractivity contribution is 6.05. The summed E-state index contributed by atoms with van der Waals surface area (Å²) in [7, 11) is 0. The Hall–Kier alpha value is -3.03. The summed E-state index contributed by atoms with van der Waals surface area (Å²) in [6, 6.07) is 16.0. The molecule has 0 aromatic heterocycles. The standard InChI is InChI=1S/C25H28N4O3/c26-11-19-13-28(15-21(19)17-4-2-1-3-5-17)12-16-6-7-20-18(10-16)14-29(25(20)32)22-8-9-23(30)27-24(22)31/h1-7,10,19,21-22H,8-9,11-15,26H2,(H,27,30,31)/t19-,21+,22?/m1/s1. The molecule has 0 radical (unpaired) electrons. The molecule has 3 N–H and O–H groups in total.